The maximum Gasteiger partial charge on any atom is 0.170 e. The van der Waals surface area contributed by atoms with Gasteiger partial charge in [0.05, 0.1) is 12.3 Å². The third-order valence-corrected chi connectivity index (χ3v) is 3.51. The van der Waals surface area contributed by atoms with Crippen LogP contribution in [0.5, 0.6) is 0 Å². The van der Waals surface area contributed by atoms with Gasteiger partial charge in [-0.15, -0.1) is 0 Å². The Labute approximate surface area is 131 Å². The smallest absolute Gasteiger partial charge is 0.170 e. The van der Waals surface area contributed by atoms with Gasteiger partial charge in [-0.3, -0.25) is 4.90 Å². The van der Waals surface area contributed by atoms with Crippen LogP contribution in [-0.4, -0.2) is 30.7 Å². The lowest BCUT2D eigenvalue weighted by Gasteiger charge is -2.23. The summed E-state index contributed by atoms with van der Waals surface area (Å²) in [5.74, 6) is 0.922. The molecule has 1 aromatic heterocycles. The quantitative estimate of drug-likeness (QED) is 0.830. The third kappa shape index (κ3) is 4.58. The molecule has 2 aromatic rings. The van der Waals surface area contributed by atoms with Crippen molar-refractivity contribution in [1.82, 2.24) is 10.2 Å². The summed E-state index contributed by atoms with van der Waals surface area (Å²) in [6.45, 7) is 2.74. The normalized spacial score (nSPS) is 12.2. The Morgan fingerprint density at radius 3 is 2.52 bits per heavy atom. The van der Waals surface area contributed by atoms with Crippen molar-refractivity contribution >= 4 is 23.0 Å². The Kier molecular flexibility index (Phi) is 5.36. The predicted octanol–water partition coefficient (Wildman–Crippen LogP) is 3.18. The predicted molar refractivity (Wildman–Crippen MR) is 90.5 cm³/mol. The standard InChI is InChI=1S/C16H21N3OS/c1-12-6-8-13(9-7-12)18-16(21)17-11-14(19(2)3)15-5-4-10-20-15/h4-10,14H,11H2,1-3H3,(H2,17,18,21)/t14-/m0/s1. The van der Waals surface area contributed by atoms with Gasteiger partial charge in [-0.05, 0) is 57.5 Å². The molecule has 1 aromatic carbocycles. The summed E-state index contributed by atoms with van der Waals surface area (Å²) in [5.41, 5.74) is 2.21. The van der Waals surface area contributed by atoms with E-state index < -0.39 is 0 Å². The second-order valence-electron chi connectivity index (χ2n) is 5.20. The molecule has 0 saturated heterocycles. The summed E-state index contributed by atoms with van der Waals surface area (Å²) in [5, 5.41) is 7.02. The van der Waals surface area contributed by atoms with E-state index in [1.165, 1.54) is 5.56 Å². The minimum Gasteiger partial charge on any atom is -0.468 e. The van der Waals surface area contributed by atoms with E-state index in [9.17, 15) is 0 Å². The molecular weight excluding hydrogens is 282 g/mol. The van der Waals surface area contributed by atoms with Gasteiger partial charge in [0.1, 0.15) is 5.76 Å². The molecule has 1 heterocycles. The first-order chi connectivity index (χ1) is 10.1. The van der Waals surface area contributed by atoms with E-state index in [1.807, 2.05) is 38.4 Å². The first kappa shape index (κ1) is 15.5. The molecule has 0 aliphatic heterocycles. The number of aryl methyl sites for hydroxylation is 1. The van der Waals surface area contributed by atoms with Crippen LogP contribution in [0.1, 0.15) is 17.4 Å². The van der Waals surface area contributed by atoms with Crippen LogP contribution in [-0.2, 0) is 0 Å². The van der Waals surface area contributed by atoms with Crippen LogP contribution in [0.2, 0.25) is 0 Å². The Morgan fingerprint density at radius 1 is 1.24 bits per heavy atom. The fourth-order valence-corrected chi connectivity index (χ4v) is 2.22. The zero-order valence-corrected chi connectivity index (χ0v) is 13.4. The number of rotatable bonds is 5. The average Bonchev–Trinajstić information content (AvgIpc) is 2.95. The molecular formula is C16H21N3OS. The summed E-state index contributed by atoms with van der Waals surface area (Å²) >= 11 is 5.33. The average molecular weight is 303 g/mol. The molecule has 2 rings (SSSR count). The molecule has 0 aliphatic rings. The molecule has 112 valence electrons. The van der Waals surface area contributed by atoms with Crippen LogP contribution in [0.15, 0.2) is 47.1 Å². The molecule has 2 N–H and O–H groups in total. The van der Waals surface area contributed by atoms with Crippen molar-refractivity contribution in [2.75, 3.05) is 26.0 Å². The van der Waals surface area contributed by atoms with Gasteiger partial charge < -0.3 is 15.1 Å². The lowest BCUT2D eigenvalue weighted by Crippen LogP contribution is -2.36. The van der Waals surface area contributed by atoms with E-state index in [0.717, 1.165) is 11.4 Å². The minimum atomic E-state index is 0.137. The molecule has 0 unspecified atom stereocenters. The van der Waals surface area contributed by atoms with Gasteiger partial charge in [0.2, 0.25) is 0 Å². The van der Waals surface area contributed by atoms with Crippen molar-refractivity contribution in [3.05, 3.63) is 54.0 Å². The number of benzene rings is 1. The number of anilines is 1. The second-order valence-corrected chi connectivity index (χ2v) is 5.60. The highest BCUT2D eigenvalue weighted by atomic mass is 32.1. The van der Waals surface area contributed by atoms with Gasteiger partial charge in [-0.25, -0.2) is 0 Å². The van der Waals surface area contributed by atoms with Crippen LogP contribution in [0.25, 0.3) is 0 Å². The highest BCUT2D eigenvalue weighted by Gasteiger charge is 2.16. The SMILES string of the molecule is Cc1ccc(NC(=S)NC[C@@H](c2ccco2)N(C)C)cc1. The lowest BCUT2D eigenvalue weighted by molar-refractivity contribution is 0.259. The minimum absolute atomic E-state index is 0.137. The maximum absolute atomic E-state index is 5.48. The van der Waals surface area contributed by atoms with Crippen LogP contribution in [0, 0.1) is 6.92 Å². The Hall–Kier alpha value is -1.85. The van der Waals surface area contributed by atoms with Crippen LogP contribution < -0.4 is 10.6 Å². The van der Waals surface area contributed by atoms with E-state index >= 15 is 0 Å². The topological polar surface area (TPSA) is 40.4 Å². The molecule has 5 heteroatoms. The van der Waals surface area contributed by atoms with Crippen LogP contribution in [0.3, 0.4) is 0 Å². The van der Waals surface area contributed by atoms with Crippen molar-refractivity contribution in [2.24, 2.45) is 0 Å². The molecule has 0 saturated carbocycles. The van der Waals surface area contributed by atoms with Crippen molar-refractivity contribution in [1.29, 1.82) is 0 Å². The fourth-order valence-electron chi connectivity index (χ4n) is 2.02. The van der Waals surface area contributed by atoms with Gasteiger partial charge in [0.25, 0.3) is 0 Å². The maximum atomic E-state index is 5.48. The molecule has 0 radical (unpaired) electrons. The van der Waals surface area contributed by atoms with Gasteiger partial charge in [-0.1, -0.05) is 17.7 Å². The number of hydrogen-bond acceptors (Lipinski definition) is 3. The zero-order chi connectivity index (χ0) is 15.2. The Bertz CT molecular complexity index is 564. The molecule has 4 nitrogen and oxygen atoms in total. The van der Waals surface area contributed by atoms with Gasteiger partial charge in [-0.2, -0.15) is 0 Å². The van der Waals surface area contributed by atoms with Crippen LogP contribution >= 0.6 is 12.2 Å². The number of furan rings is 1. The van der Waals surface area contributed by atoms with Crippen molar-refractivity contribution in [3.8, 4) is 0 Å². The molecule has 1 atom stereocenters. The monoisotopic (exact) mass is 303 g/mol. The number of nitrogens with zero attached hydrogens (tertiary/aromatic N) is 1. The molecule has 0 fully saturated rings. The lowest BCUT2D eigenvalue weighted by atomic mass is 10.2. The summed E-state index contributed by atoms with van der Waals surface area (Å²) in [6, 6.07) is 12.1. The highest BCUT2D eigenvalue weighted by Crippen LogP contribution is 2.17. The van der Waals surface area contributed by atoms with Gasteiger partial charge >= 0.3 is 0 Å². The van der Waals surface area contributed by atoms with E-state index in [-0.39, 0.29) is 6.04 Å². The van der Waals surface area contributed by atoms with Crippen molar-refractivity contribution < 1.29 is 4.42 Å². The van der Waals surface area contributed by atoms with E-state index in [0.29, 0.717) is 11.7 Å². The number of thiocarbonyl (C=S) groups is 1. The molecule has 21 heavy (non-hydrogen) atoms. The largest absolute Gasteiger partial charge is 0.468 e. The Morgan fingerprint density at radius 2 is 1.95 bits per heavy atom. The van der Waals surface area contributed by atoms with Crippen molar-refractivity contribution in [2.45, 2.75) is 13.0 Å². The zero-order valence-electron chi connectivity index (χ0n) is 12.6. The summed E-state index contributed by atoms with van der Waals surface area (Å²) < 4.78 is 5.48. The molecule has 0 spiro atoms. The van der Waals surface area contributed by atoms with Crippen LogP contribution in [0.4, 0.5) is 5.69 Å². The summed E-state index contributed by atoms with van der Waals surface area (Å²) in [7, 11) is 4.04. The number of likely N-dealkylation sites (N-methyl/N-ethyl adjacent to an activating group) is 1. The van der Waals surface area contributed by atoms with E-state index in [1.54, 1.807) is 6.26 Å². The first-order valence-electron chi connectivity index (χ1n) is 6.87. The molecule has 0 amide bonds. The molecule has 0 aliphatic carbocycles. The number of hydrogen-bond donors (Lipinski definition) is 2. The summed E-state index contributed by atoms with van der Waals surface area (Å²) in [6.07, 6.45) is 1.69. The van der Waals surface area contributed by atoms with Gasteiger partial charge in [0, 0.05) is 12.2 Å². The fraction of sp³-hybridized carbons (Fsp3) is 0.312. The van der Waals surface area contributed by atoms with E-state index in [4.69, 9.17) is 16.6 Å². The van der Waals surface area contributed by atoms with Gasteiger partial charge in [0.15, 0.2) is 5.11 Å². The van der Waals surface area contributed by atoms with Crippen molar-refractivity contribution in [3.63, 3.8) is 0 Å². The summed E-state index contributed by atoms with van der Waals surface area (Å²) in [4.78, 5) is 2.10. The Balaban J connectivity index is 1.89. The number of nitrogens with one attached hydrogen (secondary N) is 2. The molecule has 0 bridgehead atoms. The first-order valence-corrected chi connectivity index (χ1v) is 7.28. The highest BCUT2D eigenvalue weighted by molar-refractivity contribution is 7.80. The second kappa shape index (κ2) is 7.24. The van der Waals surface area contributed by atoms with E-state index in [2.05, 4.69) is 34.6 Å². The third-order valence-electron chi connectivity index (χ3n) is 3.26.